The van der Waals surface area contributed by atoms with Crippen LogP contribution >= 0.6 is 11.8 Å². The standard InChI is InChI=1S/C14H29N3S/c1-14(2,3)10-12-11-16-13(18-12)15-8-6-7-9-17(4)5/h12H,6-11H2,1-5H3,(H,15,16). The van der Waals surface area contributed by atoms with Crippen molar-refractivity contribution in [1.82, 2.24) is 10.2 Å². The number of amidine groups is 1. The largest absolute Gasteiger partial charge is 0.365 e. The first kappa shape index (κ1) is 15.8. The third kappa shape index (κ3) is 7.27. The van der Waals surface area contributed by atoms with Crippen LogP contribution in [-0.4, -0.2) is 49.0 Å². The van der Waals surface area contributed by atoms with Crippen LogP contribution in [0.3, 0.4) is 0 Å². The first-order valence-electron chi connectivity index (χ1n) is 6.96. The summed E-state index contributed by atoms with van der Waals surface area (Å²) in [7, 11) is 4.25. The molecule has 0 aromatic heterocycles. The van der Waals surface area contributed by atoms with Gasteiger partial charge in [0.15, 0.2) is 5.17 Å². The maximum absolute atomic E-state index is 4.59. The van der Waals surface area contributed by atoms with Crippen LogP contribution in [0.1, 0.15) is 40.0 Å². The van der Waals surface area contributed by atoms with Crippen molar-refractivity contribution in [2.24, 2.45) is 10.4 Å². The molecule has 1 atom stereocenters. The van der Waals surface area contributed by atoms with E-state index in [0.29, 0.717) is 10.7 Å². The van der Waals surface area contributed by atoms with E-state index >= 15 is 0 Å². The summed E-state index contributed by atoms with van der Waals surface area (Å²) in [6, 6.07) is 0. The highest BCUT2D eigenvalue weighted by atomic mass is 32.2. The highest BCUT2D eigenvalue weighted by Crippen LogP contribution is 2.31. The van der Waals surface area contributed by atoms with Crippen LogP contribution in [0.25, 0.3) is 0 Å². The lowest BCUT2D eigenvalue weighted by Gasteiger charge is -2.21. The van der Waals surface area contributed by atoms with Crippen LogP contribution in [-0.2, 0) is 0 Å². The fourth-order valence-corrected chi connectivity index (χ4v) is 3.43. The number of rotatable bonds is 6. The van der Waals surface area contributed by atoms with E-state index in [-0.39, 0.29) is 0 Å². The Kier molecular flexibility index (Phi) is 6.50. The monoisotopic (exact) mass is 271 g/mol. The molecule has 1 unspecified atom stereocenters. The number of unbranched alkanes of at least 4 members (excludes halogenated alkanes) is 1. The predicted molar refractivity (Wildman–Crippen MR) is 83.5 cm³/mol. The lowest BCUT2D eigenvalue weighted by Crippen LogP contribution is -2.23. The molecule has 0 spiro atoms. The Labute approximate surface area is 117 Å². The van der Waals surface area contributed by atoms with E-state index < -0.39 is 0 Å². The van der Waals surface area contributed by atoms with Crippen LogP contribution in [0.5, 0.6) is 0 Å². The Morgan fingerprint density at radius 3 is 2.67 bits per heavy atom. The highest BCUT2D eigenvalue weighted by molar-refractivity contribution is 8.14. The van der Waals surface area contributed by atoms with E-state index in [0.717, 1.165) is 18.3 Å². The normalized spacial score (nSPS) is 20.3. The van der Waals surface area contributed by atoms with E-state index in [9.17, 15) is 0 Å². The molecule has 18 heavy (non-hydrogen) atoms. The van der Waals surface area contributed by atoms with Gasteiger partial charge in [-0.1, -0.05) is 32.5 Å². The molecule has 1 heterocycles. The lowest BCUT2D eigenvalue weighted by molar-refractivity contribution is 0.375. The van der Waals surface area contributed by atoms with Crippen molar-refractivity contribution in [3.05, 3.63) is 0 Å². The Balaban J connectivity index is 2.08. The van der Waals surface area contributed by atoms with Gasteiger partial charge in [0.05, 0.1) is 6.54 Å². The summed E-state index contributed by atoms with van der Waals surface area (Å²) < 4.78 is 0. The van der Waals surface area contributed by atoms with Crippen molar-refractivity contribution in [2.45, 2.75) is 45.3 Å². The zero-order valence-electron chi connectivity index (χ0n) is 12.6. The van der Waals surface area contributed by atoms with Gasteiger partial charge in [0.1, 0.15) is 0 Å². The van der Waals surface area contributed by atoms with Crippen LogP contribution in [0.15, 0.2) is 4.99 Å². The molecule has 0 aromatic rings. The van der Waals surface area contributed by atoms with Gasteiger partial charge >= 0.3 is 0 Å². The van der Waals surface area contributed by atoms with Crippen LogP contribution in [0.2, 0.25) is 0 Å². The first-order chi connectivity index (χ1) is 8.37. The van der Waals surface area contributed by atoms with E-state index in [2.05, 4.69) is 50.1 Å². The quantitative estimate of drug-likeness (QED) is 0.753. The summed E-state index contributed by atoms with van der Waals surface area (Å²) in [6.07, 6.45) is 3.72. The molecule has 1 N–H and O–H groups in total. The molecule has 0 saturated carbocycles. The van der Waals surface area contributed by atoms with Gasteiger partial charge in [-0.3, -0.25) is 4.99 Å². The van der Waals surface area contributed by atoms with E-state index in [4.69, 9.17) is 0 Å². The van der Waals surface area contributed by atoms with Crippen molar-refractivity contribution in [3.63, 3.8) is 0 Å². The maximum atomic E-state index is 4.59. The van der Waals surface area contributed by atoms with E-state index in [1.807, 2.05) is 11.8 Å². The topological polar surface area (TPSA) is 27.6 Å². The molecule has 4 heteroatoms. The van der Waals surface area contributed by atoms with Gasteiger partial charge in [-0.15, -0.1) is 0 Å². The van der Waals surface area contributed by atoms with E-state index in [1.165, 1.54) is 25.8 Å². The molecule has 106 valence electrons. The van der Waals surface area contributed by atoms with Crippen molar-refractivity contribution in [3.8, 4) is 0 Å². The second kappa shape index (κ2) is 7.39. The first-order valence-corrected chi connectivity index (χ1v) is 7.84. The highest BCUT2D eigenvalue weighted by Gasteiger charge is 2.24. The summed E-state index contributed by atoms with van der Waals surface area (Å²) in [5, 5.41) is 5.30. The van der Waals surface area contributed by atoms with Gasteiger partial charge in [0, 0.05) is 11.8 Å². The minimum atomic E-state index is 0.411. The van der Waals surface area contributed by atoms with Crippen molar-refractivity contribution >= 4 is 16.9 Å². The molecular formula is C14H29N3S. The van der Waals surface area contributed by atoms with Crippen LogP contribution in [0.4, 0.5) is 0 Å². The zero-order chi connectivity index (χ0) is 13.6. The summed E-state index contributed by atoms with van der Waals surface area (Å²) in [4.78, 5) is 6.83. The van der Waals surface area contributed by atoms with Crippen LogP contribution in [0, 0.1) is 5.41 Å². The van der Waals surface area contributed by atoms with Crippen LogP contribution < -0.4 is 5.32 Å². The maximum Gasteiger partial charge on any atom is 0.156 e. The van der Waals surface area contributed by atoms with Gasteiger partial charge in [-0.2, -0.15) is 0 Å². The molecule has 1 aliphatic heterocycles. The van der Waals surface area contributed by atoms with Crippen molar-refractivity contribution in [2.75, 3.05) is 33.7 Å². The van der Waals surface area contributed by atoms with Gasteiger partial charge in [-0.25, -0.2) is 0 Å². The molecular weight excluding hydrogens is 242 g/mol. The molecule has 0 aromatic carbocycles. The average Bonchev–Trinajstić information content (AvgIpc) is 2.62. The van der Waals surface area contributed by atoms with Gasteiger partial charge in [0.25, 0.3) is 0 Å². The van der Waals surface area contributed by atoms with Crippen molar-refractivity contribution < 1.29 is 0 Å². The number of thioether (sulfide) groups is 1. The summed E-state index contributed by atoms with van der Waals surface area (Å²) in [6.45, 7) is 10.1. The smallest absolute Gasteiger partial charge is 0.156 e. The van der Waals surface area contributed by atoms with Gasteiger partial charge in [-0.05, 0) is 45.3 Å². The number of nitrogens with zero attached hydrogens (tertiary/aromatic N) is 2. The molecule has 1 rings (SSSR count). The minimum Gasteiger partial charge on any atom is -0.365 e. The fourth-order valence-electron chi connectivity index (χ4n) is 2.05. The second-order valence-corrected chi connectivity index (χ2v) is 7.88. The zero-order valence-corrected chi connectivity index (χ0v) is 13.4. The second-order valence-electron chi connectivity index (χ2n) is 6.59. The number of hydrogen-bond acceptors (Lipinski definition) is 4. The van der Waals surface area contributed by atoms with Crippen molar-refractivity contribution in [1.29, 1.82) is 0 Å². The summed E-state index contributed by atoms with van der Waals surface area (Å²) in [5.74, 6) is 0. The van der Waals surface area contributed by atoms with Gasteiger partial charge < -0.3 is 10.2 Å². The number of hydrogen-bond donors (Lipinski definition) is 1. The SMILES string of the molecule is CN(C)CCCCNC1=NCC(CC(C)(C)C)S1. The Morgan fingerprint density at radius 2 is 2.06 bits per heavy atom. The third-order valence-electron chi connectivity index (χ3n) is 2.87. The molecule has 0 radical (unpaired) electrons. The molecule has 0 amide bonds. The Hall–Kier alpha value is -0.220. The number of nitrogens with one attached hydrogen (secondary N) is 1. The average molecular weight is 271 g/mol. The Morgan fingerprint density at radius 1 is 1.33 bits per heavy atom. The Bertz CT molecular complexity index is 269. The molecule has 0 saturated heterocycles. The summed E-state index contributed by atoms with van der Waals surface area (Å²) in [5.41, 5.74) is 0.411. The molecule has 1 aliphatic rings. The third-order valence-corrected chi connectivity index (χ3v) is 4.01. The van der Waals surface area contributed by atoms with E-state index in [1.54, 1.807) is 0 Å². The molecule has 3 nitrogen and oxygen atoms in total. The lowest BCUT2D eigenvalue weighted by atomic mass is 9.90. The molecule has 0 bridgehead atoms. The molecule has 0 aliphatic carbocycles. The number of aliphatic imine (C=N–C) groups is 1. The fraction of sp³-hybridized carbons (Fsp3) is 0.929. The minimum absolute atomic E-state index is 0.411. The summed E-state index contributed by atoms with van der Waals surface area (Å²) >= 11 is 1.93. The predicted octanol–water partition coefficient (Wildman–Crippen LogP) is 2.83. The molecule has 0 fully saturated rings. The van der Waals surface area contributed by atoms with Gasteiger partial charge in [0.2, 0.25) is 0 Å².